The van der Waals surface area contributed by atoms with Gasteiger partial charge in [-0.1, -0.05) is 6.08 Å². The van der Waals surface area contributed by atoms with E-state index in [1.165, 1.54) is 0 Å². The Balaban J connectivity index is 2.04. The van der Waals surface area contributed by atoms with E-state index in [2.05, 4.69) is 20.3 Å². The molecule has 0 bridgehead atoms. The van der Waals surface area contributed by atoms with E-state index in [-0.39, 0.29) is 0 Å². The van der Waals surface area contributed by atoms with E-state index < -0.39 is 0 Å². The molecule has 0 atom stereocenters. The van der Waals surface area contributed by atoms with Crippen molar-refractivity contribution in [1.82, 2.24) is 13.7 Å². The molecule has 0 aliphatic carbocycles. The van der Waals surface area contributed by atoms with E-state index in [0.717, 1.165) is 35.8 Å². The van der Waals surface area contributed by atoms with Crippen molar-refractivity contribution in [2.24, 2.45) is 0 Å². The molecule has 2 rings (SSSR count). The molecule has 5 heteroatoms. The number of aromatic nitrogens is 3. The van der Waals surface area contributed by atoms with Crippen molar-refractivity contribution in [3.8, 4) is 17.1 Å². The van der Waals surface area contributed by atoms with Crippen LogP contribution in [0.25, 0.3) is 11.3 Å². The van der Waals surface area contributed by atoms with Crippen molar-refractivity contribution in [3.05, 3.63) is 37.2 Å². The highest BCUT2D eigenvalue weighted by Gasteiger charge is 2.11. The molecule has 4 nitrogen and oxygen atoms in total. The van der Waals surface area contributed by atoms with Gasteiger partial charge in [-0.15, -0.1) is 11.0 Å². The first kappa shape index (κ1) is 11.7. The van der Waals surface area contributed by atoms with Gasteiger partial charge in [0.25, 0.3) is 5.88 Å². The third kappa shape index (κ3) is 3.10. The number of rotatable bonds is 6. The van der Waals surface area contributed by atoms with Crippen LogP contribution in [0.3, 0.4) is 0 Å². The minimum Gasteiger partial charge on any atom is -0.475 e. The second-order valence-corrected chi connectivity index (χ2v) is 3.97. The highest BCUT2D eigenvalue weighted by molar-refractivity contribution is 6.99. The second-order valence-electron chi connectivity index (χ2n) is 3.44. The lowest BCUT2D eigenvalue weighted by Gasteiger charge is -2.03. The monoisotopic (exact) mass is 247 g/mol. The lowest BCUT2D eigenvalue weighted by Crippen LogP contribution is -1.98. The number of nitrogens with zero attached hydrogens (tertiary/aromatic N) is 3. The normalized spacial score (nSPS) is 10.1. The van der Waals surface area contributed by atoms with Crippen LogP contribution in [-0.2, 0) is 0 Å². The van der Waals surface area contributed by atoms with E-state index in [9.17, 15) is 0 Å². The summed E-state index contributed by atoms with van der Waals surface area (Å²) in [6, 6.07) is 3.82. The molecule has 0 radical (unpaired) electrons. The van der Waals surface area contributed by atoms with Gasteiger partial charge in [-0.3, -0.25) is 4.98 Å². The molecule has 17 heavy (non-hydrogen) atoms. The molecule has 0 spiro atoms. The fourth-order valence-corrected chi connectivity index (χ4v) is 1.87. The smallest absolute Gasteiger partial charge is 0.254 e. The standard InChI is InChI=1S/C12H13N3OS/c1-2-3-4-8-16-12-11(14-17-15-12)10-6-5-7-13-9-10/h2,5-7,9H,1,3-4,8H2. The Labute approximate surface area is 104 Å². The number of ether oxygens (including phenoxy) is 1. The Bertz CT molecular complexity index is 470. The molecule has 2 heterocycles. The highest BCUT2D eigenvalue weighted by Crippen LogP contribution is 2.26. The van der Waals surface area contributed by atoms with Gasteiger partial charge in [-0.2, -0.15) is 4.37 Å². The molecule has 0 fully saturated rings. The number of pyridine rings is 1. The van der Waals surface area contributed by atoms with Crippen LogP contribution < -0.4 is 4.74 Å². The van der Waals surface area contributed by atoms with Gasteiger partial charge in [-0.25, -0.2) is 0 Å². The molecule has 0 saturated carbocycles. The zero-order chi connectivity index (χ0) is 11.9. The molecule has 88 valence electrons. The van der Waals surface area contributed by atoms with E-state index in [0.29, 0.717) is 12.5 Å². The van der Waals surface area contributed by atoms with Crippen molar-refractivity contribution >= 4 is 11.7 Å². The SMILES string of the molecule is C=CCCCOc1nsnc1-c1cccnc1. The molecule has 0 amide bonds. The van der Waals surface area contributed by atoms with E-state index in [1.54, 1.807) is 12.4 Å². The molecule has 0 aliphatic rings. The fourth-order valence-electron chi connectivity index (χ4n) is 1.35. The molecule has 2 aromatic heterocycles. The maximum Gasteiger partial charge on any atom is 0.254 e. The summed E-state index contributed by atoms with van der Waals surface area (Å²) in [5.74, 6) is 0.590. The zero-order valence-corrected chi connectivity index (χ0v) is 10.2. The average Bonchev–Trinajstić information content (AvgIpc) is 2.84. The summed E-state index contributed by atoms with van der Waals surface area (Å²) in [5, 5.41) is 0. The number of allylic oxidation sites excluding steroid dienone is 1. The van der Waals surface area contributed by atoms with Crippen LogP contribution in [0.4, 0.5) is 0 Å². The minimum absolute atomic E-state index is 0.590. The average molecular weight is 247 g/mol. The molecule has 0 N–H and O–H groups in total. The van der Waals surface area contributed by atoms with Gasteiger partial charge in [0.05, 0.1) is 18.3 Å². The quantitative estimate of drug-likeness (QED) is 0.581. The molecule has 0 saturated heterocycles. The predicted octanol–water partition coefficient (Wildman–Crippen LogP) is 2.95. The minimum atomic E-state index is 0.590. The summed E-state index contributed by atoms with van der Waals surface area (Å²) in [7, 11) is 0. The van der Waals surface area contributed by atoms with E-state index >= 15 is 0 Å². The number of hydrogen-bond donors (Lipinski definition) is 0. The summed E-state index contributed by atoms with van der Waals surface area (Å²) < 4.78 is 14.0. The van der Waals surface area contributed by atoms with Crippen LogP contribution in [0.1, 0.15) is 12.8 Å². The van der Waals surface area contributed by atoms with Crippen LogP contribution >= 0.6 is 11.7 Å². The third-order valence-corrected chi connectivity index (χ3v) is 2.70. The summed E-state index contributed by atoms with van der Waals surface area (Å²) in [4.78, 5) is 4.06. The molecule has 0 unspecified atom stereocenters. The van der Waals surface area contributed by atoms with Crippen LogP contribution in [0.2, 0.25) is 0 Å². The molecular formula is C12H13N3OS. The van der Waals surface area contributed by atoms with Gasteiger partial charge in [0, 0.05) is 18.0 Å². The van der Waals surface area contributed by atoms with Crippen LogP contribution in [-0.4, -0.2) is 20.3 Å². The zero-order valence-electron chi connectivity index (χ0n) is 9.37. The highest BCUT2D eigenvalue weighted by atomic mass is 32.1. The summed E-state index contributed by atoms with van der Waals surface area (Å²) in [5.41, 5.74) is 1.70. The Morgan fingerprint density at radius 3 is 3.12 bits per heavy atom. The lowest BCUT2D eigenvalue weighted by atomic mass is 10.2. The molecular weight excluding hydrogens is 234 g/mol. The third-order valence-electron chi connectivity index (χ3n) is 2.18. The van der Waals surface area contributed by atoms with Crippen molar-refractivity contribution in [2.75, 3.05) is 6.61 Å². The summed E-state index contributed by atoms with van der Waals surface area (Å²) in [6.45, 7) is 4.30. The van der Waals surface area contributed by atoms with Gasteiger partial charge in [0.15, 0.2) is 0 Å². The van der Waals surface area contributed by atoms with E-state index in [4.69, 9.17) is 4.74 Å². The Morgan fingerprint density at radius 1 is 1.41 bits per heavy atom. The fraction of sp³-hybridized carbons (Fsp3) is 0.250. The first-order valence-corrected chi connectivity index (χ1v) is 6.11. The second kappa shape index (κ2) is 6.10. The Hall–Kier alpha value is -1.75. The largest absolute Gasteiger partial charge is 0.475 e. The lowest BCUT2D eigenvalue weighted by molar-refractivity contribution is 0.304. The summed E-state index contributed by atoms with van der Waals surface area (Å²) >= 11 is 1.15. The topological polar surface area (TPSA) is 47.9 Å². The predicted molar refractivity (Wildman–Crippen MR) is 68.1 cm³/mol. The van der Waals surface area contributed by atoms with Crippen LogP contribution in [0.15, 0.2) is 37.2 Å². The molecule has 2 aromatic rings. The Morgan fingerprint density at radius 2 is 2.35 bits per heavy atom. The number of unbranched alkanes of at least 4 members (excludes halogenated alkanes) is 1. The van der Waals surface area contributed by atoms with Gasteiger partial charge >= 0.3 is 0 Å². The van der Waals surface area contributed by atoms with Gasteiger partial charge in [-0.05, 0) is 25.0 Å². The van der Waals surface area contributed by atoms with Gasteiger partial charge in [0.2, 0.25) is 0 Å². The van der Waals surface area contributed by atoms with Gasteiger partial charge in [0.1, 0.15) is 5.69 Å². The van der Waals surface area contributed by atoms with Crippen molar-refractivity contribution in [2.45, 2.75) is 12.8 Å². The van der Waals surface area contributed by atoms with Gasteiger partial charge < -0.3 is 4.74 Å². The number of hydrogen-bond acceptors (Lipinski definition) is 5. The maximum absolute atomic E-state index is 5.59. The van der Waals surface area contributed by atoms with Crippen molar-refractivity contribution in [3.63, 3.8) is 0 Å². The first-order chi connectivity index (χ1) is 8.42. The summed E-state index contributed by atoms with van der Waals surface area (Å²) in [6.07, 6.45) is 7.25. The Kier molecular flexibility index (Phi) is 4.21. The molecule has 0 aliphatic heterocycles. The van der Waals surface area contributed by atoms with Crippen LogP contribution in [0.5, 0.6) is 5.88 Å². The first-order valence-electron chi connectivity index (χ1n) is 5.38. The van der Waals surface area contributed by atoms with Crippen molar-refractivity contribution < 1.29 is 4.74 Å². The maximum atomic E-state index is 5.59. The molecule has 0 aromatic carbocycles. The van der Waals surface area contributed by atoms with Crippen LogP contribution in [0, 0.1) is 0 Å². The van der Waals surface area contributed by atoms with E-state index in [1.807, 2.05) is 18.2 Å². The van der Waals surface area contributed by atoms with Crippen molar-refractivity contribution in [1.29, 1.82) is 0 Å².